The van der Waals surface area contributed by atoms with Gasteiger partial charge in [-0.1, -0.05) is 12.1 Å². The van der Waals surface area contributed by atoms with Crippen LogP contribution < -0.4 is 5.32 Å². The van der Waals surface area contributed by atoms with Crippen molar-refractivity contribution in [3.05, 3.63) is 35.6 Å². The summed E-state index contributed by atoms with van der Waals surface area (Å²) in [5.74, 6) is -1.15. The summed E-state index contributed by atoms with van der Waals surface area (Å²) >= 11 is 0. The van der Waals surface area contributed by atoms with Crippen LogP contribution in [0, 0.1) is 5.82 Å². The molecule has 0 aliphatic carbocycles. The van der Waals surface area contributed by atoms with E-state index in [2.05, 4.69) is 5.32 Å². The van der Waals surface area contributed by atoms with Crippen LogP contribution >= 0.6 is 0 Å². The summed E-state index contributed by atoms with van der Waals surface area (Å²) in [5.41, 5.74) is -0.00114. The quantitative estimate of drug-likeness (QED) is 0.813. The lowest BCUT2D eigenvalue weighted by atomic mass is 10.2. The van der Waals surface area contributed by atoms with E-state index in [9.17, 15) is 14.0 Å². The zero-order valence-electron chi connectivity index (χ0n) is 11.7. The maximum absolute atomic E-state index is 13.4. The van der Waals surface area contributed by atoms with Crippen LogP contribution in [-0.4, -0.2) is 50.1 Å². The number of carbonyl (C=O) groups is 2. The van der Waals surface area contributed by atoms with E-state index in [0.29, 0.717) is 19.7 Å². The van der Waals surface area contributed by atoms with Crippen LogP contribution in [0.1, 0.15) is 17.3 Å². The lowest BCUT2D eigenvalue weighted by Crippen LogP contribution is -2.39. The van der Waals surface area contributed by atoms with Crippen LogP contribution in [0.4, 0.5) is 4.39 Å². The molecule has 0 saturated heterocycles. The van der Waals surface area contributed by atoms with Gasteiger partial charge in [0.15, 0.2) is 0 Å². The van der Waals surface area contributed by atoms with Crippen molar-refractivity contribution in [2.45, 2.75) is 6.92 Å². The molecule has 0 heterocycles. The molecule has 0 bridgehead atoms. The Labute approximate surface area is 117 Å². The largest absolute Gasteiger partial charge is 0.383 e. The van der Waals surface area contributed by atoms with Gasteiger partial charge in [0.25, 0.3) is 5.91 Å². The number of halogens is 1. The highest BCUT2D eigenvalue weighted by molar-refractivity contribution is 5.94. The average molecular weight is 282 g/mol. The molecule has 0 fully saturated rings. The average Bonchev–Trinajstić information content (AvgIpc) is 2.42. The highest BCUT2D eigenvalue weighted by atomic mass is 19.1. The Hall–Kier alpha value is -1.95. The van der Waals surface area contributed by atoms with Crippen molar-refractivity contribution < 1.29 is 18.7 Å². The number of hydrogen-bond acceptors (Lipinski definition) is 3. The van der Waals surface area contributed by atoms with E-state index in [1.54, 1.807) is 18.1 Å². The van der Waals surface area contributed by atoms with Gasteiger partial charge in [0.2, 0.25) is 5.91 Å². The molecule has 0 saturated carbocycles. The molecule has 0 aromatic heterocycles. The third-order valence-corrected chi connectivity index (χ3v) is 2.80. The van der Waals surface area contributed by atoms with Gasteiger partial charge in [-0.2, -0.15) is 0 Å². The Morgan fingerprint density at radius 3 is 2.60 bits per heavy atom. The van der Waals surface area contributed by atoms with Crippen LogP contribution in [-0.2, 0) is 9.53 Å². The number of rotatable bonds is 7. The molecule has 0 unspecified atom stereocenters. The Bertz CT molecular complexity index is 465. The van der Waals surface area contributed by atoms with Crippen molar-refractivity contribution in [2.24, 2.45) is 0 Å². The predicted molar refractivity (Wildman–Crippen MR) is 72.9 cm³/mol. The lowest BCUT2D eigenvalue weighted by Gasteiger charge is -2.20. The van der Waals surface area contributed by atoms with Gasteiger partial charge in [-0.25, -0.2) is 4.39 Å². The molecule has 0 aliphatic heterocycles. The second-order valence-electron chi connectivity index (χ2n) is 4.23. The van der Waals surface area contributed by atoms with Gasteiger partial charge in [-0.05, 0) is 12.1 Å². The molecule has 6 heteroatoms. The molecule has 1 N–H and O–H groups in total. The number of amides is 2. The summed E-state index contributed by atoms with van der Waals surface area (Å²) in [7, 11) is 1.55. The first kappa shape index (κ1) is 16.1. The van der Waals surface area contributed by atoms with Gasteiger partial charge in [-0.3, -0.25) is 9.59 Å². The van der Waals surface area contributed by atoms with Crippen molar-refractivity contribution in [1.29, 1.82) is 0 Å². The minimum Gasteiger partial charge on any atom is -0.383 e. The minimum atomic E-state index is -0.562. The van der Waals surface area contributed by atoms with E-state index in [4.69, 9.17) is 4.74 Å². The summed E-state index contributed by atoms with van der Waals surface area (Å²) in [6, 6.07) is 5.76. The highest BCUT2D eigenvalue weighted by Gasteiger charge is 2.12. The predicted octanol–water partition coefficient (Wildman–Crippen LogP) is 1.05. The Kier molecular flexibility index (Phi) is 6.66. The molecule has 0 atom stereocenters. The standard InChI is InChI=1S/C14H19FN2O3/c1-11(18)17(9-10-20-2)8-7-16-14(19)12-5-3-4-6-13(12)15/h3-6H,7-10H2,1-2H3,(H,16,19). The zero-order valence-corrected chi connectivity index (χ0v) is 11.7. The molecule has 20 heavy (non-hydrogen) atoms. The van der Waals surface area contributed by atoms with Crippen molar-refractivity contribution in [3.8, 4) is 0 Å². The molecular formula is C14H19FN2O3. The molecular weight excluding hydrogens is 263 g/mol. The first-order valence-corrected chi connectivity index (χ1v) is 6.33. The van der Waals surface area contributed by atoms with Crippen LogP contribution in [0.15, 0.2) is 24.3 Å². The zero-order chi connectivity index (χ0) is 15.0. The second-order valence-corrected chi connectivity index (χ2v) is 4.23. The number of nitrogens with one attached hydrogen (secondary N) is 1. The number of ether oxygens (including phenoxy) is 1. The van der Waals surface area contributed by atoms with Gasteiger partial charge in [-0.15, -0.1) is 0 Å². The van der Waals surface area contributed by atoms with E-state index in [-0.39, 0.29) is 18.0 Å². The van der Waals surface area contributed by atoms with Gasteiger partial charge >= 0.3 is 0 Å². The Morgan fingerprint density at radius 2 is 2.00 bits per heavy atom. The Morgan fingerprint density at radius 1 is 1.30 bits per heavy atom. The van der Waals surface area contributed by atoms with E-state index >= 15 is 0 Å². The third-order valence-electron chi connectivity index (χ3n) is 2.80. The van der Waals surface area contributed by atoms with Gasteiger partial charge in [0.1, 0.15) is 5.82 Å². The topological polar surface area (TPSA) is 58.6 Å². The first-order valence-electron chi connectivity index (χ1n) is 6.33. The second kappa shape index (κ2) is 8.27. The molecule has 1 aromatic carbocycles. The van der Waals surface area contributed by atoms with Gasteiger partial charge in [0.05, 0.1) is 12.2 Å². The maximum Gasteiger partial charge on any atom is 0.254 e. The molecule has 2 amide bonds. The summed E-state index contributed by atoms with van der Waals surface area (Å²) in [5, 5.41) is 2.59. The van der Waals surface area contributed by atoms with E-state index in [1.807, 2.05) is 0 Å². The summed E-state index contributed by atoms with van der Waals surface area (Å²) in [4.78, 5) is 24.7. The van der Waals surface area contributed by atoms with E-state index in [0.717, 1.165) is 0 Å². The summed E-state index contributed by atoms with van der Waals surface area (Å²) in [6.45, 7) is 2.96. The highest BCUT2D eigenvalue weighted by Crippen LogP contribution is 2.05. The number of nitrogens with zero attached hydrogens (tertiary/aromatic N) is 1. The molecule has 0 spiro atoms. The fraction of sp³-hybridized carbons (Fsp3) is 0.429. The van der Waals surface area contributed by atoms with Crippen molar-refractivity contribution in [3.63, 3.8) is 0 Å². The fourth-order valence-electron chi connectivity index (χ4n) is 1.67. The number of hydrogen-bond donors (Lipinski definition) is 1. The van der Waals surface area contributed by atoms with Gasteiger partial charge in [0, 0.05) is 33.7 Å². The SMILES string of the molecule is COCCN(CCNC(=O)c1ccccc1F)C(C)=O. The lowest BCUT2D eigenvalue weighted by molar-refractivity contribution is -0.129. The van der Waals surface area contributed by atoms with E-state index in [1.165, 1.54) is 25.1 Å². The van der Waals surface area contributed by atoms with Crippen LogP contribution in [0.25, 0.3) is 0 Å². The molecule has 0 aliphatic rings. The van der Waals surface area contributed by atoms with Crippen LogP contribution in [0.2, 0.25) is 0 Å². The van der Waals surface area contributed by atoms with Crippen LogP contribution in [0.3, 0.4) is 0 Å². The third kappa shape index (κ3) is 4.97. The summed E-state index contributed by atoms with van der Waals surface area (Å²) < 4.78 is 18.3. The smallest absolute Gasteiger partial charge is 0.254 e. The maximum atomic E-state index is 13.4. The Balaban J connectivity index is 2.44. The van der Waals surface area contributed by atoms with Crippen molar-refractivity contribution in [1.82, 2.24) is 10.2 Å². The molecule has 110 valence electrons. The minimum absolute atomic E-state index is 0.00114. The number of carbonyl (C=O) groups excluding carboxylic acids is 2. The molecule has 0 radical (unpaired) electrons. The van der Waals surface area contributed by atoms with Crippen LogP contribution in [0.5, 0.6) is 0 Å². The molecule has 1 rings (SSSR count). The van der Waals surface area contributed by atoms with Crippen molar-refractivity contribution >= 4 is 11.8 Å². The van der Waals surface area contributed by atoms with Gasteiger partial charge < -0.3 is 15.0 Å². The molecule has 5 nitrogen and oxygen atoms in total. The van der Waals surface area contributed by atoms with Crippen molar-refractivity contribution in [2.75, 3.05) is 33.4 Å². The number of benzene rings is 1. The van der Waals surface area contributed by atoms with E-state index < -0.39 is 11.7 Å². The fourth-order valence-corrected chi connectivity index (χ4v) is 1.67. The first-order chi connectivity index (χ1) is 9.56. The summed E-state index contributed by atoms with van der Waals surface area (Å²) in [6.07, 6.45) is 0. The number of methoxy groups -OCH3 is 1. The normalized spacial score (nSPS) is 10.2. The molecule has 1 aromatic rings. The monoisotopic (exact) mass is 282 g/mol.